The fourth-order valence-electron chi connectivity index (χ4n) is 5.69. The third kappa shape index (κ3) is 9.30. The van der Waals surface area contributed by atoms with Crippen LogP contribution < -0.4 is 10.6 Å². The number of alkyl carbamates (subject to hydrolysis) is 1. The number of fused-ring (bicyclic) bond motifs is 1. The van der Waals surface area contributed by atoms with Gasteiger partial charge in [0.05, 0.1) is 13.2 Å². The molecule has 0 bridgehead atoms. The molecular weight excluding hydrogens is 696 g/mol. The second-order valence-electron chi connectivity index (χ2n) is 12.5. The number of rotatable bonds is 14. The van der Waals surface area contributed by atoms with Gasteiger partial charge in [0.2, 0.25) is 5.91 Å². The molecule has 16 atom stereocenters. The molecule has 0 aromatic heterocycles. The largest absolute Gasteiger partial charge is 0.477 e. The summed E-state index contributed by atoms with van der Waals surface area (Å²) in [5.74, 6) is -4.17. The van der Waals surface area contributed by atoms with Crippen LogP contribution in [0.1, 0.15) is 20.3 Å². The predicted octanol–water partition coefficient (Wildman–Crippen LogP) is -5.89. The van der Waals surface area contributed by atoms with Crippen LogP contribution in [0.5, 0.6) is 0 Å². The lowest BCUT2D eigenvalue weighted by Gasteiger charge is -2.47. The van der Waals surface area contributed by atoms with Crippen molar-refractivity contribution in [2.45, 2.75) is 118 Å². The second kappa shape index (κ2) is 17.5. The number of carboxylic acid groups (broad SMARTS) is 1. The minimum absolute atomic E-state index is 0.0803. The highest BCUT2D eigenvalue weighted by molar-refractivity contribution is 5.92. The normalized spacial score (nSPS) is 42.4. The molecule has 0 aromatic rings. The Balaban J connectivity index is 1.44. The average molecular weight is 743 g/mol. The molecule has 22 nitrogen and oxygen atoms in total. The standard InChI is InChI=1S/C29H46N2O20/c1-10(2)23(40)30-5-4-6-31-28(43)44-9-13-21(19(39)22-26(47-13)51-29(3,50-22)27(41)42)49-25-18(38)16(36)20(12(8-33)46-25)48-24-17(37)15(35)14(34)11(7-32)45-24/h11-22,24-26,32-39H,1,4-9H2,2-3H3,(H,30,40)(H,31,43)(H,41,42)/t11?,12?,13-,14-,15-,16+,17?,18?,19?,20-,21+,22?,24+,25-,26+,29?/m0/s1. The molecule has 0 saturated carbocycles. The molecule has 7 unspecified atom stereocenters. The zero-order valence-electron chi connectivity index (χ0n) is 27.6. The van der Waals surface area contributed by atoms with Crippen LogP contribution in [-0.2, 0) is 47.5 Å². The van der Waals surface area contributed by atoms with Gasteiger partial charge in [-0.15, -0.1) is 0 Å². The zero-order chi connectivity index (χ0) is 37.8. The minimum Gasteiger partial charge on any atom is -0.477 e. The van der Waals surface area contributed by atoms with Crippen LogP contribution >= 0.6 is 0 Å². The monoisotopic (exact) mass is 742 g/mol. The van der Waals surface area contributed by atoms with Gasteiger partial charge >= 0.3 is 12.1 Å². The molecule has 4 fully saturated rings. The van der Waals surface area contributed by atoms with E-state index in [-0.39, 0.29) is 19.0 Å². The van der Waals surface area contributed by atoms with Crippen LogP contribution in [0.15, 0.2) is 12.2 Å². The molecular formula is C29H46N2O20. The number of aliphatic hydroxyl groups excluding tert-OH is 8. The Morgan fingerprint density at radius 2 is 1.31 bits per heavy atom. The van der Waals surface area contributed by atoms with Gasteiger partial charge < -0.3 is 94.5 Å². The summed E-state index contributed by atoms with van der Waals surface area (Å²) in [6.45, 7) is 4.09. The van der Waals surface area contributed by atoms with E-state index in [4.69, 9.17) is 37.9 Å². The number of carbonyl (C=O) groups is 3. The maximum Gasteiger partial charge on any atom is 0.407 e. The van der Waals surface area contributed by atoms with Gasteiger partial charge in [-0.3, -0.25) is 4.79 Å². The number of amides is 2. The summed E-state index contributed by atoms with van der Waals surface area (Å²) in [7, 11) is 0. The fraction of sp³-hybridized carbons (Fsp3) is 0.828. The summed E-state index contributed by atoms with van der Waals surface area (Å²) in [6, 6.07) is 0. The molecule has 4 rings (SSSR count). The van der Waals surface area contributed by atoms with E-state index in [0.29, 0.717) is 12.0 Å². The van der Waals surface area contributed by atoms with E-state index in [2.05, 4.69) is 17.2 Å². The van der Waals surface area contributed by atoms with Gasteiger partial charge in [-0.25, -0.2) is 9.59 Å². The predicted molar refractivity (Wildman–Crippen MR) is 160 cm³/mol. The van der Waals surface area contributed by atoms with Crippen LogP contribution in [0.25, 0.3) is 0 Å². The number of carboxylic acids is 1. The Hall–Kier alpha value is -2.65. The molecule has 0 spiro atoms. The van der Waals surface area contributed by atoms with E-state index in [9.17, 15) is 60.3 Å². The maximum atomic E-state index is 12.4. The Labute approximate surface area is 290 Å². The number of nitrogens with one attached hydrogen (secondary N) is 2. The van der Waals surface area contributed by atoms with Gasteiger partial charge in [0.15, 0.2) is 18.9 Å². The highest BCUT2D eigenvalue weighted by Crippen LogP contribution is 2.39. The zero-order valence-corrected chi connectivity index (χ0v) is 27.6. The van der Waals surface area contributed by atoms with Crippen LogP contribution in [0.3, 0.4) is 0 Å². The topological polar surface area (TPSA) is 331 Å². The molecule has 2 amide bonds. The van der Waals surface area contributed by atoms with Crippen LogP contribution in [-0.4, -0.2) is 195 Å². The van der Waals surface area contributed by atoms with Crippen molar-refractivity contribution in [1.29, 1.82) is 0 Å². The Bertz CT molecular complexity index is 1220. The molecule has 4 aliphatic rings. The quantitative estimate of drug-likeness (QED) is 0.0583. The summed E-state index contributed by atoms with van der Waals surface area (Å²) in [5.41, 5.74) is 0.310. The first-order chi connectivity index (χ1) is 24.0. The van der Waals surface area contributed by atoms with Gasteiger partial charge in [-0.2, -0.15) is 0 Å². The van der Waals surface area contributed by atoms with Crippen molar-refractivity contribution in [1.82, 2.24) is 10.6 Å². The molecule has 0 radical (unpaired) electrons. The molecule has 292 valence electrons. The lowest BCUT2D eigenvalue weighted by Crippen LogP contribution is -2.66. The smallest absolute Gasteiger partial charge is 0.407 e. The van der Waals surface area contributed by atoms with Crippen molar-refractivity contribution in [3.8, 4) is 0 Å². The van der Waals surface area contributed by atoms with Crippen LogP contribution in [0.4, 0.5) is 4.79 Å². The van der Waals surface area contributed by atoms with E-state index >= 15 is 0 Å². The Morgan fingerprint density at radius 3 is 1.90 bits per heavy atom. The van der Waals surface area contributed by atoms with Gasteiger partial charge in [-0.05, 0) is 13.3 Å². The van der Waals surface area contributed by atoms with Crippen molar-refractivity contribution in [3.05, 3.63) is 12.2 Å². The third-order valence-electron chi connectivity index (χ3n) is 8.63. The van der Waals surface area contributed by atoms with Gasteiger partial charge in [0.25, 0.3) is 5.79 Å². The highest BCUT2D eigenvalue weighted by Gasteiger charge is 2.60. The molecule has 0 aliphatic carbocycles. The van der Waals surface area contributed by atoms with Crippen molar-refractivity contribution < 1.29 is 98.2 Å². The lowest BCUT2D eigenvalue weighted by molar-refractivity contribution is -0.374. The number of hydrogen-bond acceptors (Lipinski definition) is 19. The lowest BCUT2D eigenvalue weighted by atomic mass is 9.96. The second-order valence-corrected chi connectivity index (χ2v) is 12.5. The number of hydrogen-bond donors (Lipinski definition) is 11. The van der Waals surface area contributed by atoms with Crippen molar-refractivity contribution in [2.24, 2.45) is 0 Å². The minimum atomic E-state index is -2.26. The van der Waals surface area contributed by atoms with E-state index in [1.807, 2.05) is 0 Å². The molecule has 11 N–H and O–H groups in total. The summed E-state index contributed by atoms with van der Waals surface area (Å²) in [5, 5.41) is 97.9. The SMILES string of the molecule is C=C(C)C(=O)NCCCNC(=O)OC[C@@H]1O[C@@H]2OC(C)(C(=O)O)OC2C(O)[C@@H]1O[C@@H]1OC(CO)[C@H](O[C@H]2OC(CO)[C@H](O)[C@H](O)C2O)[C@H](O)C1O. The molecule has 4 heterocycles. The number of aliphatic carboxylic acids is 1. The first kappa shape index (κ1) is 41.1. The number of aliphatic hydroxyl groups is 8. The van der Waals surface area contributed by atoms with Crippen molar-refractivity contribution in [2.75, 3.05) is 32.9 Å². The summed E-state index contributed by atoms with van der Waals surface area (Å²) < 4.78 is 44.1. The highest BCUT2D eigenvalue weighted by atomic mass is 16.8. The summed E-state index contributed by atoms with van der Waals surface area (Å²) in [6.07, 6.45) is -26.1. The molecule has 22 heteroatoms. The van der Waals surface area contributed by atoms with Gasteiger partial charge in [0.1, 0.15) is 79.9 Å². The first-order valence-electron chi connectivity index (χ1n) is 16.0. The Kier molecular flexibility index (Phi) is 14.1. The Morgan fingerprint density at radius 1 is 0.745 bits per heavy atom. The molecule has 0 aromatic carbocycles. The van der Waals surface area contributed by atoms with E-state index in [0.717, 1.165) is 6.92 Å². The first-order valence-corrected chi connectivity index (χ1v) is 16.0. The number of ether oxygens (including phenoxy) is 8. The molecule has 4 aliphatic heterocycles. The van der Waals surface area contributed by atoms with Gasteiger partial charge in [-0.1, -0.05) is 6.58 Å². The summed E-state index contributed by atoms with van der Waals surface area (Å²) >= 11 is 0. The average Bonchev–Trinajstić information content (AvgIpc) is 3.45. The van der Waals surface area contributed by atoms with Crippen molar-refractivity contribution >= 4 is 18.0 Å². The van der Waals surface area contributed by atoms with Gasteiger partial charge in [0, 0.05) is 25.6 Å². The van der Waals surface area contributed by atoms with E-state index in [1.165, 1.54) is 6.92 Å². The molecule has 51 heavy (non-hydrogen) atoms. The van der Waals surface area contributed by atoms with Crippen LogP contribution in [0, 0.1) is 0 Å². The van der Waals surface area contributed by atoms with Crippen molar-refractivity contribution in [3.63, 3.8) is 0 Å². The fourth-order valence-corrected chi connectivity index (χ4v) is 5.69. The third-order valence-corrected chi connectivity index (χ3v) is 8.63. The summed E-state index contributed by atoms with van der Waals surface area (Å²) in [4.78, 5) is 35.8. The number of carbonyl (C=O) groups excluding carboxylic acids is 2. The maximum absolute atomic E-state index is 12.4. The molecule has 4 saturated heterocycles. The van der Waals surface area contributed by atoms with E-state index in [1.54, 1.807) is 0 Å². The van der Waals surface area contributed by atoms with Crippen LogP contribution in [0.2, 0.25) is 0 Å². The van der Waals surface area contributed by atoms with E-state index < -0.39 is 130 Å².